The van der Waals surface area contributed by atoms with Gasteiger partial charge in [0.1, 0.15) is 0 Å². The summed E-state index contributed by atoms with van der Waals surface area (Å²) in [6.07, 6.45) is 0. The maximum absolute atomic E-state index is 0. The van der Waals surface area contributed by atoms with E-state index < -0.39 is 0 Å². The molecule has 0 amide bonds. The molecule has 0 N–H and O–H groups in total. The van der Waals surface area contributed by atoms with Crippen LogP contribution in [-0.2, 0) is 63.5 Å². The standard InChI is InChI=1S/Cu.Pb.2S.Zn/q+2;;2*-2;+2. The van der Waals surface area contributed by atoms with Crippen molar-refractivity contribution < 1.29 is 36.5 Å². The van der Waals surface area contributed by atoms with Crippen LogP contribution < -0.4 is 0 Å². The Hall–Kier alpha value is 2.76. The summed E-state index contributed by atoms with van der Waals surface area (Å²) in [5.74, 6) is 0. The molecule has 0 atom stereocenters. The average Bonchev–Trinajstić information content (AvgIpc) is 0. The molecular weight excluding hydrogens is 400 g/mol. The zero-order valence-electron chi connectivity index (χ0n) is 2.33. The van der Waals surface area contributed by atoms with Gasteiger partial charge >= 0.3 is 36.5 Å². The van der Waals surface area contributed by atoms with Crippen LogP contribution in [0.3, 0.4) is 0 Å². The van der Waals surface area contributed by atoms with E-state index in [-0.39, 0.29) is 90.8 Å². The third-order valence-electron chi connectivity index (χ3n) is 0. The molecule has 0 rings (SSSR count). The van der Waals surface area contributed by atoms with Gasteiger partial charge in [0.2, 0.25) is 0 Å². The van der Waals surface area contributed by atoms with Crippen molar-refractivity contribution in [3.05, 3.63) is 0 Å². The van der Waals surface area contributed by atoms with Gasteiger partial charge in [0, 0.05) is 27.3 Å². The largest absolute Gasteiger partial charge is 2.00 e. The van der Waals surface area contributed by atoms with Crippen molar-refractivity contribution in [2.75, 3.05) is 0 Å². The van der Waals surface area contributed by atoms with Crippen LogP contribution in [0, 0.1) is 0 Å². The Morgan fingerprint density at radius 3 is 0.800 bits per heavy atom. The van der Waals surface area contributed by atoms with E-state index in [1.54, 1.807) is 0 Å². The maximum atomic E-state index is 0. The smallest absolute Gasteiger partial charge is 2.00 e. The summed E-state index contributed by atoms with van der Waals surface area (Å²) in [6.45, 7) is 0. The summed E-state index contributed by atoms with van der Waals surface area (Å²) in [5.41, 5.74) is 0. The zero-order valence-corrected chi connectivity index (χ0v) is 11.8. The quantitative estimate of drug-likeness (QED) is 0.486. The second-order valence-corrected chi connectivity index (χ2v) is 0. The SMILES string of the molecule is [Cu+2].[Pb].[S-2].[S-2].[Zn+2]. The predicted octanol–water partition coefficient (Wildman–Crippen LogP) is -0.391. The predicted molar refractivity (Wildman–Crippen MR) is 20.5 cm³/mol. The van der Waals surface area contributed by atoms with E-state index in [0.29, 0.717) is 0 Å². The van der Waals surface area contributed by atoms with Gasteiger partial charge in [-0.25, -0.2) is 0 Å². The van der Waals surface area contributed by atoms with Crippen LogP contribution in [0.15, 0.2) is 0 Å². The van der Waals surface area contributed by atoms with Crippen molar-refractivity contribution in [3.8, 4) is 0 Å². The van der Waals surface area contributed by atoms with Crippen molar-refractivity contribution in [2.24, 2.45) is 0 Å². The van der Waals surface area contributed by atoms with Crippen molar-refractivity contribution in [1.82, 2.24) is 0 Å². The summed E-state index contributed by atoms with van der Waals surface area (Å²) in [4.78, 5) is 0. The Labute approximate surface area is 89.5 Å². The molecule has 0 fully saturated rings. The van der Waals surface area contributed by atoms with Gasteiger partial charge in [0.15, 0.2) is 0 Å². The molecule has 0 nitrogen and oxygen atoms in total. The Morgan fingerprint density at radius 2 is 0.800 bits per heavy atom. The average molecular weight is 400 g/mol. The van der Waals surface area contributed by atoms with Gasteiger partial charge < -0.3 is 27.0 Å². The van der Waals surface area contributed by atoms with Gasteiger partial charge in [0.25, 0.3) is 0 Å². The molecule has 0 spiro atoms. The maximum Gasteiger partial charge on any atom is 2.00 e. The third-order valence-corrected chi connectivity index (χ3v) is 0. The molecule has 0 aliphatic carbocycles. The fourth-order valence-corrected chi connectivity index (χ4v) is 0. The third kappa shape index (κ3) is 20.1. The van der Waals surface area contributed by atoms with Gasteiger partial charge in [-0.05, 0) is 0 Å². The van der Waals surface area contributed by atoms with E-state index in [9.17, 15) is 0 Å². The molecule has 0 unspecified atom stereocenters. The van der Waals surface area contributed by atoms with Crippen LogP contribution in [0.5, 0.6) is 0 Å². The minimum absolute atomic E-state index is 0. The fourth-order valence-electron chi connectivity index (χ4n) is 0. The van der Waals surface area contributed by atoms with E-state index in [4.69, 9.17) is 0 Å². The minimum atomic E-state index is 0. The van der Waals surface area contributed by atoms with E-state index in [1.165, 1.54) is 0 Å². The Balaban J connectivity index is 0. The van der Waals surface area contributed by atoms with Gasteiger partial charge in [0.05, 0.1) is 0 Å². The van der Waals surface area contributed by atoms with Crippen LogP contribution in [0.4, 0.5) is 0 Å². The summed E-state index contributed by atoms with van der Waals surface area (Å²) in [6, 6.07) is 0. The van der Waals surface area contributed by atoms with E-state index in [2.05, 4.69) is 0 Å². The molecule has 0 aromatic rings. The molecule has 29 valence electrons. The first-order valence-electron chi connectivity index (χ1n) is 0. The first-order chi connectivity index (χ1) is 0. The number of hydrogen-bond donors (Lipinski definition) is 0. The monoisotopic (exact) mass is 399 g/mol. The number of rotatable bonds is 0. The van der Waals surface area contributed by atoms with E-state index in [1.807, 2.05) is 0 Å². The summed E-state index contributed by atoms with van der Waals surface area (Å²) in [5, 5.41) is 0. The van der Waals surface area contributed by atoms with Crippen molar-refractivity contribution in [1.29, 1.82) is 0 Å². The Kier molecular flexibility index (Phi) is 273. The fraction of sp³-hybridized carbons (Fsp3) is 0. The van der Waals surface area contributed by atoms with Gasteiger partial charge in [-0.3, -0.25) is 0 Å². The second kappa shape index (κ2) is 29.4. The molecule has 0 aromatic heterocycles. The van der Waals surface area contributed by atoms with Crippen molar-refractivity contribution in [3.63, 3.8) is 0 Å². The molecule has 5 radical (unpaired) electrons. The molecule has 5 heteroatoms. The topological polar surface area (TPSA) is 0 Å². The Morgan fingerprint density at radius 1 is 0.800 bits per heavy atom. The minimum Gasteiger partial charge on any atom is -2.00 e. The van der Waals surface area contributed by atoms with Crippen LogP contribution >= 0.6 is 0 Å². The normalized spacial score (nSPS) is 0. The van der Waals surface area contributed by atoms with Crippen LogP contribution in [-0.4, -0.2) is 27.3 Å². The first-order valence-corrected chi connectivity index (χ1v) is 0. The molecule has 0 aromatic carbocycles. The van der Waals surface area contributed by atoms with E-state index in [0.717, 1.165) is 0 Å². The van der Waals surface area contributed by atoms with Crippen LogP contribution in [0.1, 0.15) is 0 Å². The molecule has 5 heavy (non-hydrogen) atoms. The molecule has 0 aliphatic heterocycles. The summed E-state index contributed by atoms with van der Waals surface area (Å²) >= 11 is 0. The van der Waals surface area contributed by atoms with Gasteiger partial charge in [-0.2, -0.15) is 0 Å². The Bertz CT molecular complexity index is 9.61. The van der Waals surface area contributed by atoms with Crippen LogP contribution in [0.25, 0.3) is 0 Å². The number of hydrogen-bond acceptors (Lipinski definition) is 0. The molecule has 0 aliphatic rings. The molecular formula is CuPbS2Zn. The zero-order chi connectivity index (χ0) is 0. The van der Waals surface area contributed by atoms with Gasteiger partial charge in [-0.15, -0.1) is 0 Å². The molecule has 0 saturated heterocycles. The second-order valence-electron chi connectivity index (χ2n) is 0. The van der Waals surface area contributed by atoms with Crippen molar-refractivity contribution >= 4 is 54.3 Å². The molecule has 0 heterocycles. The van der Waals surface area contributed by atoms with E-state index >= 15 is 0 Å². The van der Waals surface area contributed by atoms with Gasteiger partial charge in [-0.1, -0.05) is 0 Å². The molecule has 0 saturated carbocycles. The van der Waals surface area contributed by atoms with Crippen LogP contribution in [0.2, 0.25) is 0 Å². The molecule has 0 bridgehead atoms. The van der Waals surface area contributed by atoms with Crippen molar-refractivity contribution in [2.45, 2.75) is 0 Å². The first kappa shape index (κ1) is 46.5. The summed E-state index contributed by atoms with van der Waals surface area (Å²) in [7, 11) is 0. The summed E-state index contributed by atoms with van der Waals surface area (Å²) < 4.78 is 0.